The van der Waals surface area contributed by atoms with Crippen LogP contribution in [-0.2, 0) is 10.7 Å². The van der Waals surface area contributed by atoms with Gasteiger partial charge in [0.05, 0.1) is 16.8 Å². The molecule has 2 heterocycles. The third-order valence-electron chi connectivity index (χ3n) is 7.03. The highest BCUT2D eigenvalue weighted by Gasteiger charge is 2.37. The van der Waals surface area contributed by atoms with Gasteiger partial charge in [-0.3, -0.25) is 0 Å². The van der Waals surface area contributed by atoms with E-state index in [1.165, 1.54) is 31.7 Å². The summed E-state index contributed by atoms with van der Waals surface area (Å²) in [6, 6.07) is 3.00. The molecular weight excluding hydrogens is 532 g/mol. The summed E-state index contributed by atoms with van der Waals surface area (Å²) in [5.41, 5.74) is 4.36. The minimum Gasteiger partial charge on any atom is -0.478 e. The van der Waals surface area contributed by atoms with Crippen LogP contribution >= 0.6 is 7.14 Å². The Hall–Kier alpha value is -2.95. The monoisotopic (exact) mass is 566 g/mol. The van der Waals surface area contributed by atoms with Crippen LogP contribution in [0.15, 0.2) is 24.5 Å². The zero-order valence-corrected chi connectivity index (χ0v) is 22.8. The standard InChI is InChI=1S/C26H34F3N6O3P/c1-39(2,38)23-18(24(36)37)9-8-17-19(13-32-22(17)23)21-20(26(27,28)29)14-33-25(35-21)34-16-7-6-15(12-16)31-11-5-3-4-10-30/h8-9,13-16,31-32H,3-7,10-12,30H2,1-2H3,(H,36,37)(H,33,34,35)/t15-,16-/m0/s1. The molecular formula is C26H34F3N6O3P. The number of hydrogen-bond acceptors (Lipinski definition) is 7. The summed E-state index contributed by atoms with van der Waals surface area (Å²) in [4.78, 5) is 22.9. The number of aromatic carboxylic acids is 1. The van der Waals surface area contributed by atoms with Crippen molar-refractivity contribution in [1.29, 1.82) is 0 Å². The number of nitrogens with one attached hydrogen (secondary N) is 3. The predicted molar refractivity (Wildman–Crippen MR) is 146 cm³/mol. The highest BCUT2D eigenvalue weighted by molar-refractivity contribution is 7.70. The SMILES string of the molecule is CP(C)(=O)c1c(C(=O)O)ccc2c(-c3nc(N[C@H]4CC[C@H](NCCCCCN)C4)ncc3C(F)(F)F)c[nH]c12. The Kier molecular flexibility index (Phi) is 8.68. The molecule has 9 nitrogen and oxygen atoms in total. The van der Waals surface area contributed by atoms with E-state index in [1.807, 2.05) is 0 Å². The van der Waals surface area contributed by atoms with Crippen molar-refractivity contribution >= 4 is 35.3 Å². The number of carboxylic acid groups (broad SMARTS) is 1. The summed E-state index contributed by atoms with van der Waals surface area (Å²) in [7, 11) is -3.12. The van der Waals surface area contributed by atoms with Crippen molar-refractivity contribution < 1.29 is 27.6 Å². The van der Waals surface area contributed by atoms with E-state index in [1.54, 1.807) is 0 Å². The molecule has 4 rings (SSSR count). The molecule has 0 amide bonds. The maximum atomic E-state index is 14.0. The molecule has 1 aromatic carbocycles. The van der Waals surface area contributed by atoms with Crippen molar-refractivity contribution in [1.82, 2.24) is 20.3 Å². The third-order valence-corrected chi connectivity index (χ3v) is 8.57. The van der Waals surface area contributed by atoms with Crippen LogP contribution in [-0.4, -0.2) is 64.5 Å². The van der Waals surface area contributed by atoms with Gasteiger partial charge in [-0.2, -0.15) is 13.2 Å². The lowest BCUT2D eigenvalue weighted by Gasteiger charge is -2.17. The fraction of sp³-hybridized carbons (Fsp3) is 0.500. The Balaban J connectivity index is 1.64. The zero-order chi connectivity index (χ0) is 28.4. The molecule has 0 radical (unpaired) electrons. The topological polar surface area (TPSA) is 146 Å². The van der Waals surface area contributed by atoms with Gasteiger partial charge in [0, 0.05) is 40.7 Å². The van der Waals surface area contributed by atoms with Gasteiger partial charge >= 0.3 is 12.1 Å². The molecule has 0 bridgehead atoms. The molecule has 1 fully saturated rings. The second-order valence-electron chi connectivity index (χ2n) is 10.4. The molecule has 2 atom stereocenters. The number of nitrogens with zero attached hydrogens (tertiary/aromatic N) is 2. The Bertz CT molecular complexity index is 1390. The highest BCUT2D eigenvalue weighted by Crippen LogP contribution is 2.43. The molecule has 0 saturated heterocycles. The molecule has 0 aliphatic heterocycles. The highest BCUT2D eigenvalue weighted by atomic mass is 31.2. The van der Waals surface area contributed by atoms with E-state index in [0.717, 1.165) is 51.3 Å². The van der Waals surface area contributed by atoms with Crippen molar-refractivity contribution in [3.63, 3.8) is 0 Å². The number of anilines is 1. The summed E-state index contributed by atoms with van der Waals surface area (Å²) in [5, 5.41) is 16.7. The average Bonchev–Trinajstić information content (AvgIpc) is 3.48. The van der Waals surface area contributed by atoms with Crippen molar-refractivity contribution in [2.75, 3.05) is 31.7 Å². The maximum Gasteiger partial charge on any atom is 0.419 e. The second kappa shape index (κ2) is 11.7. The van der Waals surface area contributed by atoms with Gasteiger partial charge in [-0.1, -0.05) is 12.5 Å². The van der Waals surface area contributed by atoms with Crippen LogP contribution in [0.1, 0.15) is 54.4 Å². The van der Waals surface area contributed by atoms with E-state index >= 15 is 0 Å². The number of halogens is 3. The van der Waals surface area contributed by atoms with E-state index in [0.29, 0.717) is 18.0 Å². The van der Waals surface area contributed by atoms with E-state index in [4.69, 9.17) is 5.73 Å². The van der Waals surface area contributed by atoms with Crippen molar-refractivity contribution in [2.45, 2.75) is 56.8 Å². The summed E-state index contributed by atoms with van der Waals surface area (Å²) in [5.74, 6) is -1.18. The smallest absolute Gasteiger partial charge is 0.419 e. The summed E-state index contributed by atoms with van der Waals surface area (Å²) < 4.78 is 55.0. The lowest BCUT2D eigenvalue weighted by atomic mass is 10.0. The first kappa shape index (κ1) is 29.0. The number of H-pyrrole nitrogens is 1. The molecule has 212 valence electrons. The van der Waals surface area contributed by atoms with Crippen LogP contribution in [0.5, 0.6) is 0 Å². The van der Waals surface area contributed by atoms with Crippen molar-refractivity contribution in [2.24, 2.45) is 5.73 Å². The number of nitrogens with two attached hydrogens (primary N) is 1. The molecule has 1 aliphatic carbocycles. The third kappa shape index (κ3) is 6.62. The number of rotatable bonds is 11. The largest absolute Gasteiger partial charge is 0.478 e. The molecule has 6 N–H and O–H groups in total. The number of alkyl halides is 3. The lowest BCUT2D eigenvalue weighted by molar-refractivity contribution is -0.137. The molecule has 2 aromatic heterocycles. The number of carboxylic acids is 1. The van der Waals surface area contributed by atoms with Gasteiger partial charge in [-0.05, 0) is 64.6 Å². The normalized spacial score (nSPS) is 18.1. The average molecular weight is 567 g/mol. The van der Waals surface area contributed by atoms with Crippen LogP contribution in [0.3, 0.4) is 0 Å². The number of fused-ring (bicyclic) bond motifs is 1. The lowest BCUT2D eigenvalue weighted by Crippen LogP contribution is -2.29. The van der Waals surface area contributed by atoms with Crippen LogP contribution in [0.25, 0.3) is 22.2 Å². The number of unbranched alkanes of at least 4 members (excludes halogenated alkanes) is 2. The zero-order valence-electron chi connectivity index (χ0n) is 21.9. The van der Waals surface area contributed by atoms with E-state index in [9.17, 15) is 27.6 Å². The van der Waals surface area contributed by atoms with Gasteiger partial charge in [0.25, 0.3) is 0 Å². The Morgan fingerprint density at radius 2 is 1.95 bits per heavy atom. The van der Waals surface area contributed by atoms with Gasteiger partial charge in [0.2, 0.25) is 5.95 Å². The van der Waals surface area contributed by atoms with Crippen molar-refractivity contribution in [3.8, 4) is 11.3 Å². The van der Waals surface area contributed by atoms with Gasteiger partial charge in [0.1, 0.15) is 12.7 Å². The van der Waals surface area contributed by atoms with E-state index < -0.39 is 24.9 Å². The van der Waals surface area contributed by atoms with Gasteiger partial charge < -0.3 is 31.0 Å². The molecule has 3 aromatic rings. The summed E-state index contributed by atoms with van der Waals surface area (Å²) in [6.45, 7) is 4.43. The van der Waals surface area contributed by atoms with E-state index in [-0.39, 0.29) is 39.6 Å². The molecule has 39 heavy (non-hydrogen) atoms. The number of aromatic amines is 1. The first-order valence-electron chi connectivity index (χ1n) is 13.0. The minimum atomic E-state index is -4.72. The molecule has 0 spiro atoms. The second-order valence-corrected chi connectivity index (χ2v) is 13.5. The van der Waals surface area contributed by atoms with Gasteiger partial charge in [0.15, 0.2) is 0 Å². The van der Waals surface area contributed by atoms with Crippen LogP contribution in [0.2, 0.25) is 0 Å². The summed E-state index contributed by atoms with van der Waals surface area (Å²) in [6.07, 6.45) is 3.07. The number of hydrogen-bond donors (Lipinski definition) is 5. The maximum absolute atomic E-state index is 14.0. The Morgan fingerprint density at radius 1 is 1.21 bits per heavy atom. The first-order valence-corrected chi connectivity index (χ1v) is 15.6. The number of carbonyl (C=O) groups is 1. The first-order chi connectivity index (χ1) is 18.4. The Labute approximate surface area is 224 Å². The van der Waals surface area contributed by atoms with Crippen LogP contribution in [0.4, 0.5) is 19.1 Å². The Morgan fingerprint density at radius 3 is 2.62 bits per heavy atom. The van der Waals surface area contributed by atoms with Crippen molar-refractivity contribution in [3.05, 3.63) is 35.7 Å². The fourth-order valence-electron chi connectivity index (χ4n) is 5.21. The number of aromatic nitrogens is 3. The summed E-state index contributed by atoms with van der Waals surface area (Å²) >= 11 is 0. The molecule has 0 unspecified atom stereocenters. The van der Waals surface area contributed by atoms with E-state index in [2.05, 4.69) is 25.6 Å². The van der Waals surface area contributed by atoms with Gasteiger partial charge in [-0.15, -0.1) is 0 Å². The fourth-order valence-corrected chi connectivity index (χ4v) is 6.68. The van der Waals surface area contributed by atoms with Crippen LogP contribution in [0, 0.1) is 0 Å². The molecule has 1 saturated carbocycles. The predicted octanol–water partition coefficient (Wildman–Crippen LogP) is 4.64. The molecule has 13 heteroatoms. The molecule has 1 aliphatic rings. The van der Waals surface area contributed by atoms with Crippen LogP contribution < -0.4 is 21.7 Å². The number of benzene rings is 1. The minimum absolute atomic E-state index is 0.00915. The van der Waals surface area contributed by atoms with Gasteiger partial charge in [-0.25, -0.2) is 14.8 Å². The quantitative estimate of drug-likeness (QED) is 0.167.